The van der Waals surface area contributed by atoms with Crippen LogP contribution in [0.5, 0.6) is 5.75 Å². The molecular formula is C18H24N4O4. The summed E-state index contributed by atoms with van der Waals surface area (Å²) in [6, 6.07) is 6.93. The van der Waals surface area contributed by atoms with Crippen LogP contribution >= 0.6 is 0 Å². The molecule has 0 saturated carbocycles. The molecule has 8 heteroatoms. The highest BCUT2D eigenvalue weighted by Gasteiger charge is 2.13. The molecule has 0 fully saturated rings. The summed E-state index contributed by atoms with van der Waals surface area (Å²) in [6.45, 7) is 5.34. The summed E-state index contributed by atoms with van der Waals surface area (Å²) in [5, 5.41) is 11.2. The predicted octanol–water partition coefficient (Wildman–Crippen LogP) is 2.58. The third-order valence-electron chi connectivity index (χ3n) is 3.61. The normalized spacial score (nSPS) is 10.5. The van der Waals surface area contributed by atoms with Crippen LogP contribution in [0.2, 0.25) is 0 Å². The van der Waals surface area contributed by atoms with Gasteiger partial charge in [-0.1, -0.05) is 13.8 Å². The van der Waals surface area contributed by atoms with E-state index >= 15 is 0 Å². The molecule has 2 aromatic rings. The summed E-state index contributed by atoms with van der Waals surface area (Å²) < 4.78 is 12.2. The number of hydrogen-bond acceptors (Lipinski definition) is 7. The van der Waals surface area contributed by atoms with Gasteiger partial charge in [0.2, 0.25) is 0 Å². The number of hydrogen-bond donors (Lipinski definition) is 0. The summed E-state index contributed by atoms with van der Waals surface area (Å²) in [6.07, 6.45) is 1.91. The van der Waals surface area contributed by atoms with E-state index in [-0.39, 0.29) is 25.2 Å². The van der Waals surface area contributed by atoms with Crippen molar-refractivity contribution in [3.8, 4) is 5.75 Å². The summed E-state index contributed by atoms with van der Waals surface area (Å²) >= 11 is 0. The molecule has 0 radical (unpaired) electrons. The van der Waals surface area contributed by atoms with Crippen molar-refractivity contribution in [2.24, 2.45) is 0 Å². The predicted molar refractivity (Wildman–Crippen MR) is 93.7 cm³/mol. The Bertz CT molecular complexity index is 712. The highest BCUT2D eigenvalue weighted by molar-refractivity contribution is 5.97. The van der Waals surface area contributed by atoms with Crippen molar-refractivity contribution in [3.63, 3.8) is 0 Å². The van der Waals surface area contributed by atoms with E-state index in [0.717, 1.165) is 18.6 Å². The molecule has 1 heterocycles. The quantitative estimate of drug-likeness (QED) is 0.449. The van der Waals surface area contributed by atoms with Gasteiger partial charge in [-0.3, -0.25) is 9.59 Å². The zero-order valence-electron chi connectivity index (χ0n) is 15.2. The largest absolute Gasteiger partial charge is 0.494 e. The van der Waals surface area contributed by atoms with E-state index in [0.29, 0.717) is 24.5 Å². The van der Waals surface area contributed by atoms with Crippen LogP contribution in [-0.4, -0.2) is 38.6 Å². The van der Waals surface area contributed by atoms with Crippen molar-refractivity contribution >= 4 is 11.8 Å². The molecule has 0 aliphatic heterocycles. The van der Waals surface area contributed by atoms with Gasteiger partial charge in [0.1, 0.15) is 5.75 Å². The van der Waals surface area contributed by atoms with E-state index < -0.39 is 5.97 Å². The summed E-state index contributed by atoms with van der Waals surface area (Å²) in [7, 11) is 0. The summed E-state index contributed by atoms with van der Waals surface area (Å²) in [5.41, 5.74) is 0.550. The van der Waals surface area contributed by atoms with Gasteiger partial charge in [0.15, 0.2) is 18.2 Å². The van der Waals surface area contributed by atoms with Crippen molar-refractivity contribution < 1.29 is 19.1 Å². The van der Waals surface area contributed by atoms with Crippen molar-refractivity contribution in [1.82, 2.24) is 20.2 Å². The molecule has 0 amide bonds. The Labute approximate surface area is 152 Å². The van der Waals surface area contributed by atoms with E-state index in [2.05, 4.69) is 15.5 Å². The minimum absolute atomic E-state index is 0.00346. The number of ether oxygens (including phenoxy) is 2. The lowest BCUT2D eigenvalue weighted by Crippen LogP contribution is -2.12. The fourth-order valence-corrected chi connectivity index (χ4v) is 2.25. The fraction of sp³-hybridized carbons (Fsp3) is 0.500. The first-order chi connectivity index (χ1) is 12.6. The van der Waals surface area contributed by atoms with Crippen molar-refractivity contribution in [2.75, 3.05) is 6.61 Å². The monoisotopic (exact) mass is 360 g/mol. The first-order valence-corrected chi connectivity index (χ1v) is 8.80. The molecule has 0 aliphatic carbocycles. The third kappa shape index (κ3) is 5.94. The molecule has 8 nitrogen and oxygen atoms in total. The Balaban J connectivity index is 1.75. The van der Waals surface area contributed by atoms with E-state index in [1.807, 2.05) is 13.8 Å². The van der Waals surface area contributed by atoms with Crippen molar-refractivity contribution in [3.05, 3.63) is 35.7 Å². The van der Waals surface area contributed by atoms with Crippen LogP contribution in [-0.2, 0) is 22.7 Å². The van der Waals surface area contributed by atoms with Gasteiger partial charge in [-0.15, -0.1) is 5.10 Å². The van der Waals surface area contributed by atoms with Gasteiger partial charge in [0, 0.05) is 18.5 Å². The van der Waals surface area contributed by atoms with Gasteiger partial charge < -0.3 is 9.47 Å². The molecule has 0 unspecified atom stereocenters. The molecule has 2 rings (SSSR count). The molecule has 0 spiro atoms. The van der Waals surface area contributed by atoms with E-state index in [9.17, 15) is 9.59 Å². The average molecular weight is 360 g/mol. The maximum atomic E-state index is 12.2. The van der Waals surface area contributed by atoms with E-state index in [1.165, 1.54) is 0 Å². The minimum Gasteiger partial charge on any atom is -0.494 e. The topological polar surface area (TPSA) is 96.2 Å². The van der Waals surface area contributed by atoms with Crippen LogP contribution in [0.15, 0.2) is 24.3 Å². The average Bonchev–Trinajstić information content (AvgIpc) is 3.10. The Morgan fingerprint density at radius 2 is 1.85 bits per heavy atom. The number of aromatic nitrogens is 4. The second kappa shape index (κ2) is 10.3. The van der Waals surface area contributed by atoms with Crippen molar-refractivity contribution in [1.29, 1.82) is 0 Å². The van der Waals surface area contributed by atoms with Crippen LogP contribution in [0, 0.1) is 0 Å². The Morgan fingerprint density at radius 3 is 2.54 bits per heavy atom. The first kappa shape index (κ1) is 19.6. The number of benzene rings is 1. The van der Waals surface area contributed by atoms with Crippen LogP contribution < -0.4 is 4.74 Å². The number of nitrogens with zero attached hydrogens (tertiary/aromatic N) is 4. The Morgan fingerprint density at radius 1 is 1.08 bits per heavy atom. The van der Waals surface area contributed by atoms with Gasteiger partial charge in [-0.2, -0.15) is 0 Å². The number of ketones is 1. The molecule has 140 valence electrons. The molecule has 0 atom stereocenters. The number of tetrazole rings is 1. The lowest BCUT2D eigenvalue weighted by molar-refractivity contribution is -0.145. The Hall–Kier alpha value is -2.77. The number of esters is 1. The summed E-state index contributed by atoms with van der Waals surface area (Å²) in [5.74, 6) is 0.661. The molecule has 1 aromatic carbocycles. The highest BCUT2D eigenvalue weighted by atomic mass is 16.5. The van der Waals surface area contributed by atoms with E-state index in [1.54, 1.807) is 28.9 Å². The first-order valence-electron chi connectivity index (χ1n) is 8.80. The van der Waals surface area contributed by atoms with Gasteiger partial charge in [0.25, 0.3) is 0 Å². The van der Waals surface area contributed by atoms with Crippen LogP contribution in [0.3, 0.4) is 0 Å². The number of carbonyl (C=O) groups excluding carboxylic acids is 2. The molecule has 0 N–H and O–H groups in total. The SMILES string of the molecule is CCCOc1ccc(C(=O)CCC(=O)OCc2nnnn2CCC)cc1. The minimum atomic E-state index is -0.452. The number of rotatable bonds is 11. The van der Waals surface area contributed by atoms with Gasteiger partial charge in [0.05, 0.1) is 13.0 Å². The van der Waals surface area contributed by atoms with E-state index in [4.69, 9.17) is 9.47 Å². The standard InChI is InChI=1S/C18H24N4O4/c1-3-11-22-17(19-20-21-22)13-26-18(24)10-9-16(23)14-5-7-15(8-6-14)25-12-4-2/h5-8H,3-4,9-13H2,1-2H3. The molecule has 26 heavy (non-hydrogen) atoms. The third-order valence-corrected chi connectivity index (χ3v) is 3.61. The zero-order chi connectivity index (χ0) is 18.8. The molecule has 0 saturated heterocycles. The number of Topliss-reactive ketones (excluding diaryl/α,β-unsaturated/α-hetero) is 1. The lowest BCUT2D eigenvalue weighted by Gasteiger charge is -2.06. The molecule has 0 aliphatic rings. The molecule has 1 aromatic heterocycles. The Kier molecular flexibility index (Phi) is 7.73. The number of aryl methyl sites for hydroxylation is 1. The van der Waals surface area contributed by atoms with Crippen LogP contribution in [0.4, 0.5) is 0 Å². The summed E-state index contributed by atoms with van der Waals surface area (Å²) in [4.78, 5) is 24.0. The maximum absolute atomic E-state index is 12.2. The zero-order valence-corrected chi connectivity index (χ0v) is 15.2. The lowest BCUT2D eigenvalue weighted by atomic mass is 10.1. The van der Waals surface area contributed by atoms with Crippen molar-refractivity contribution in [2.45, 2.75) is 52.7 Å². The maximum Gasteiger partial charge on any atom is 0.306 e. The second-order valence-electron chi connectivity index (χ2n) is 5.77. The molecular weight excluding hydrogens is 336 g/mol. The number of carbonyl (C=O) groups is 2. The van der Waals surface area contributed by atoms with Gasteiger partial charge in [-0.25, -0.2) is 4.68 Å². The fourth-order valence-electron chi connectivity index (χ4n) is 2.25. The second-order valence-corrected chi connectivity index (χ2v) is 5.77. The molecule has 0 bridgehead atoms. The highest BCUT2D eigenvalue weighted by Crippen LogP contribution is 2.14. The van der Waals surface area contributed by atoms with Gasteiger partial charge >= 0.3 is 5.97 Å². The van der Waals surface area contributed by atoms with Gasteiger partial charge in [-0.05, 0) is 47.5 Å². The van der Waals surface area contributed by atoms with Crippen LogP contribution in [0.1, 0.15) is 55.7 Å². The smallest absolute Gasteiger partial charge is 0.306 e. The van der Waals surface area contributed by atoms with Crippen LogP contribution in [0.25, 0.3) is 0 Å².